The highest BCUT2D eigenvalue weighted by Gasteiger charge is 2.26. The largest absolute Gasteiger partial charge is 0.352 e. The van der Waals surface area contributed by atoms with Gasteiger partial charge in [-0.2, -0.15) is 0 Å². The number of carbonyl (C=O) groups excluding carboxylic acids is 2. The van der Waals surface area contributed by atoms with Crippen LogP contribution in [0.1, 0.15) is 49.0 Å². The van der Waals surface area contributed by atoms with Crippen LogP contribution >= 0.6 is 11.8 Å². The van der Waals surface area contributed by atoms with Crippen molar-refractivity contribution in [2.75, 3.05) is 18.8 Å². The van der Waals surface area contributed by atoms with E-state index >= 15 is 0 Å². The Hall–Kier alpha value is -1.49. The normalized spacial score (nSPS) is 23.5. The Kier molecular flexibility index (Phi) is 5.82. The molecule has 3 rings (SSSR count). The highest BCUT2D eigenvalue weighted by molar-refractivity contribution is 8.00. The summed E-state index contributed by atoms with van der Waals surface area (Å²) in [6.45, 7) is 3.01. The van der Waals surface area contributed by atoms with E-state index in [9.17, 15) is 9.59 Å². The molecule has 0 saturated carbocycles. The summed E-state index contributed by atoms with van der Waals surface area (Å²) in [7, 11) is 0. The topological polar surface area (TPSA) is 49.4 Å². The minimum Gasteiger partial charge on any atom is -0.352 e. The number of hydrogen-bond acceptors (Lipinski definition) is 3. The molecule has 4 nitrogen and oxygen atoms in total. The molecule has 1 N–H and O–H groups in total. The van der Waals surface area contributed by atoms with Crippen LogP contribution in [0.25, 0.3) is 0 Å². The molecule has 0 aromatic heterocycles. The fourth-order valence-electron chi connectivity index (χ4n) is 3.75. The lowest BCUT2D eigenvalue weighted by atomic mass is 9.91. The number of aryl methyl sites for hydroxylation is 1. The second kappa shape index (κ2) is 8.06. The maximum atomic E-state index is 12.6. The highest BCUT2D eigenvalue weighted by atomic mass is 32.2. The number of nitrogens with zero attached hydrogens (tertiary/aromatic N) is 1. The molecule has 130 valence electrons. The molecule has 0 bridgehead atoms. The van der Waals surface area contributed by atoms with Gasteiger partial charge in [0.1, 0.15) is 0 Å². The SMILES string of the molecule is CC(=O)N[C@@H]1CCCN(C(=O)CS[C@@H]2CCCc3ccccc32)C1. The summed E-state index contributed by atoms with van der Waals surface area (Å²) in [6.07, 6.45) is 5.45. The number of nitrogens with one attached hydrogen (secondary N) is 1. The summed E-state index contributed by atoms with van der Waals surface area (Å²) in [6, 6.07) is 8.74. The van der Waals surface area contributed by atoms with Crippen LogP contribution in [0.4, 0.5) is 0 Å². The molecule has 1 heterocycles. The van der Waals surface area contributed by atoms with Crippen molar-refractivity contribution in [2.24, 2.45) is 0 Å². The minimum atomic E-state index is -0.0116. The Morgan fingerprint density at radius 3 is 2.92 bits per heavy atom. The van der Waals surface area contributed by atoms with E-state index in [1.807, 2.05) is 4.90 Å². The third-order valence-electron chi connectivity index (χ3n) is 4.90. The molecule has 1 aliphatic carbocycles. The molecule has 1 aliphatic heterocycles. The summed E-state index contributed by atoms with van der Waals surface area (Å²) in [4.78, 5) is 25.7. The van der Waals surface area contributed by atoms with Gasteiger partial charge in [-0.05, 0) is 43.2 Å². The molecule has 2 amide bonds. The van der Waals surface area contributed by atoms with Gasteiger partial charge in [-0.1, -0.05) is 24.3 Å². The van der Waals surface area contributed by atoms with Crippen LogP contribution in [-0.4, -0.2) is 41.6 Å². The van der Waals surface area contributed by atoms with Crippen molar-refractivity contribution in [3.05, 3.63) is 35.4 Å². The summed E-state index contributed by atoms with van der Waals surface area (Å²) in [5, 5.41) is 3.39. The Labute approximate surface area is 148 Å². The molecule has 1 fully saturated rings. The van der Waals surface area contributed by atoms with Gasteiger partial charge in [0, 0.05) is 31.3 Å². The Morgan fingerprint density at radius 2 is 2.08 bits per heavy atom. The first-order valence-electron chi connectivity index (χ1n) is 8.88. The van der Waals surface area contributed by atoms with Gasteiger partial charge in [-0.15, -0.1) is 11.8 Å². The molecule has 24 heavy (non-hydrogen) atoms. The summed E-state index contributed by atoms with van der Waals surface area (Å²) < 4.78 is 0. The lowest BCUT2D eigenvalue weighted by Crippen LogP contribution is -2.49. The Morgan fingerprint density at radius 1 is 1.25 bits per heavy atom. The van der Waals surface area contributed by atoms with Crippen LogP contribution < -0.4 is 5.32 Å². The highest BCUT2D eigenvalue weighted by Crippen LogP contribution is 2.39. The average molecular weight is 346 g/mol. The number of likely N-dealkylation sites (tertiary alicyclic amines) is 1. The number of hydrogen-bond donors (Lipinski definition) is 1. The van der Waals surface area contributed by atoms with E-state index in [0.717, 1.165) is 32.2 Å². The average Bonchev–Trinajstić information content (AvgIpc) is 2.59. The maximum Gasteiger partial charge on any atom is 0.232 e. The monoisotopic (exact) mass is 346 g/mol. The smallest absolute Gasteiger partial charge is 0.232 e. The standard InChI is InChI=1S/C19H26N2O2S/c1-14(22)20-16-8-5-11-21(12-16)19(23)13-24-18-10-4-7-15-6-2-3-9-17(15)18/h2-3,6,9,16,18H,4-5,7-8,10-13H2,1H3,(H,20,22)/t16-,18-/m1/s1. The fourth-order valence-corrected chi connectivity index (χ4v) is 5.02. The number of carbonyl (C=O) groups is 2. The molecule has 0 radical (unpaired) electrons. The first-order chi connectivity index (χ1) is 11.6. The van der Waals surface area contributed by atoms with Gasteiger partial charge in [0.2, 0.25) is 11.8 Å². The number of amides is 2. The zero-order valence-electron chi connectivity index (χ0n) is 14.3. The van der Waals surface area contributed by atoms with Crippen molar-refractivity contribution in [2.45, 2.75) is 50.3 Å². The third-order valence-corrected chi connectivity index (χ3v) is 6.21. The number of fused-ring (bicyclic) bond motifs is 1. The lowest BCUT2D eigenvalue weighted by Gasteiger charge is -2.33. The molecule has 0 spiro atoms. The molecule has 1 aromatic rings. The van der Waals surface area contributed by atoms with E-state index in [2.05, 4.69) is 29.6 Å². The van der Waals surface area contributed by atoms with Gasteiger partial charge in [0.05, 0.1) is 5.75 Å². The first-order valence-corrected chi connectivity index (χ1v) is 9.92. The molecular weight excluding hydrogens is 320 g/mol. The number of benzene rings is 1. The summed E-state index contributed by atoms with van der Waals surface area (Å²) in [5.41, 5.74) is 2.86. The van der Waals surface area contributed by atoms with Gasteiger partial charge in [-0.3, -0.25) is 9.59 Å². The quantitative estimate of drug-likeness (QED) is 0.912. The molecule has 0 unspecified atom stereocenters. The van der Waals surface area contributed by atoms with E-state index in [1.165, 1.54) is 24.5 Å². The molecule has 1 saturated heterocycles. The number of thioether (sulfide) groups is 1. The molecular formula is C19H26N2O2S. The fraction of sp³-hybridized carbons (Fsp3) is 0.579. The van der Waals surface area contributed by atoms with Crippen LogP contribution in [0.3, 0.4) is 0 Å². The minimum absolute atomic E-state index is 0.0116. The van der Waals surface area contributed by atoms with Gasteiger partial charge < -0.3 is 10.2 Å². The lowest BCUT2D eigenvalue weighted by molar-refractivity contribution is -0.130. The van der Waals surface area contributed by atoms with E-state index in [-0.39, 0.29) is 17.9 Å². The van der Waals surface area contributed by atoms with Crippen molar-refractivity contribution >= 4 is 23.6 Å². The van der Waals surface area contributed by atoms with E-state index in [4.69, 9.17) is 0 Å². The van der Waals surface area contributed by atoms with Crippen LogP contribution in [-0.2, 0) is 16.0 Å². The second-order valence-electron chi connectivity index (χ2n) is 6.77. The van der Waals surface area contributed by atoms with Gasteiger partial charge in [0.25, 0.3) is 0 Å². The molecule has 2 aliphatic rings. The number of piperidine rings is 1. The van der Waals surface area contributed by atoms with E-state index < -0.39 is 0 Å². The first kappa shape index (κ1) is 17.3. The van der Waals surface area contributed by atoms with Crippen LogP contribution in [0.15, 0.2) is 24.3 Å². The van der Waals surface area contributed by atoms with Crippen molar-refractivity contribution < 1.29 is 9.59 Å². The van der Waals surface area contributed by atoms with Crippen molar-refractivity contribution in [1.82, 2.24) is 10.2 Å². The van der Waals surface area contributed by atoms with Crippen molar-refractivity contribution in [3.8, 4) is 0 Å². The van der Waals surface area contributed by atoms with Crippen LogP contribution in [0.5, 0.6) is 0 Å². The van der Waals surface area contributed by atoms with Crippen LogP contribution in [0.2, 0.25) is 0 Å². The zero-order valence-corrected chi connectivity index (χ0v) is 15.1. The molecule has 2 atom stereocenters. The van der Waals surface area contributed by atoms with E-state index in [0.29, 0.717) is 17.5 Å². The molecule has 1 aromatic carbocycles. The molecule has 5 heteroatoms. The third kappa shape index (κ3) is 4.32. The Bertz CT molecular complexity index is 605. The number of rotatable bonds is 4. The maximum absolute atomic E-state index is 12.6. The Balaban J connectivity index is 1.53. The van der Waals surface area contributed by atoms with Gasteiger partial charge in [0.15, 0.2) is 0 Å². The van der Waals surface area contributed by atoms with Crippen LogP contribution in [0, 0.1) is 0 Å². The van der Waals surface area contributed by atoms with Gasteiger partial charge >= 0.3 is 0 Å². The van der Waals surface area contributed by atoms with Crippen molar-refractivity contribution in [1.29, 1.82) is 0 Å². The van der Waals surface area contributed by atoms with E-state index in [1.54, 1.807) is 11.8 Å². The van der Waals surface area contributed by atoms with Gasteiger partial charge in [-0.25, -0.2) is 0 Å². The van der Waals surface area contributed by atoms with Crippen molar-refractivity contribution in [3.63, 3.8) is 0 Å². The predicted molar refractivity (Wildman–Crippen MR) is 98.0 cm³/mol. The predicted octanol–water partition coefficient (Wildman–Crippen LogP) is 2.92. The summed E-state index contributed by atoms with van der Waals surface area (Å²) >= 11 is 1.78. The summed E-state index contributed by atoms with van der Waals surface area (Å²) in [5.74, 6) is 0.729. The second-order valence-corrected chi connectivity index (χ2v) is 7.96. The zero-order chi connectivity index (χ0) is 16.9.